The molecule has 0 spiro atoms. The van der Waals surface area contributed by atoms with Crippen LogP contribution in [0, 0.1) is 22.9 Å². The molecule has 5 nitrogen and oxygen atoms in total. The van der Waals surface area contributed by atoms with Gasteiger partial charge in [0, 0.05) is 30.6 Å². The van der Waals surface area contributed by atoms with E-state index in [-0.39, 0.29) is 5.56 Å². The van der Waals surface area contributed by atoms with Crippen LogP contribution in [0.25, 0.3) is 17.0 Å². The van der Waals surface area contributed by atoms with Crippen LogP contribution in [-0.2, 0) is 11.2 Å². The second-order valence-corrected chi connectivity index (χ2v) is 8.64. The third-order valence-corrected chi connectivity index (χ3v) is 6.34. The van der Waals surface area contributed by atoms with E-state index in [9.17, 15) is 23.1 Å². The number of benzene rings is 2. The van der Waals surface area contributed by atoms with E-state index in [1.54, 1.807) is 24.3 Å². The molecule has 0 atom stereocenters. The van der Waals surface area contributed by atoms with E-state index in [0.29, 0.717) is 61.1 Å². The number of carbonyl (C=O) groups is 1. The number of fused-ring (bicyclic) bond motifs is 1. The lowest BCUT2D eigenvalue weighted by Gasteiger charge is -2.47. The Balaban J connectivity index is 1.37. The van der Waals surface area contributed by atoms with Crippen molar-refractivity contribution in [1.29, 1.82) is 0 Å². The quantitative estimate of drug-likeness (QED) is 0.472. The molecule has 34 heavy (non-hydrogen) atoms. The highest BCUT2D eigenvalue weighted by Gasteiger charge is 2.48. The number of carboxylic acids is 1. The Hall–Kier alpha value is -3.39. The van der Waals surface area contributed by atoms with Gasteiger partial charge in [0.15, 0.2) is 0 Å². The molecule has 2 heterocycles. The molecule has 1 fully saturated rings. The summed E-state index contributed by atoms with van der Waals surface area (Å²) >= 11 is 0. The molecule has 1 aliphatic rings. The summed E-state index contributed by atoms with van der Waals surface area (Å²) in [5.41, 5.74) is 0.394. The molecule has 0 amide bonds. The average molecular weight is 470 g/mol. The molecule has 8 heteroatoms. The highest BCUT2D eigenvalue weighted by atomic mass is 19.1. The van der Waals surface area contributed by atoms with Gasteiger partial charge in [0.1, 0.15) is 23.2 Å². The number of aliphatic carboxylic acids is 1. The number of ether oxygens (including phenoxy) is 1. The van der Waals surface area contributed by atoms with Crippen molar-refractivity contribution in [3.05, 3.63) is 77.2 Å². The van der Waals surface area contributed by atoms with Gasteiger partial charge in [-0.05, 0) is 61.2 Å². The molecular formula is C26H25F3N2O3. The zero-order valence-electron chi connectivity index (χ0n) is 18.7. The van der Waals surface area contributed by atoms with Crippen molar-refractivity contribution >= 4 is 22.9 Å². The number of aromatic nitrogens is 1. The number of hydrogen-bond donors (Lipinski definition) is 1. The normalized spacial score (nSPS) is 15.5. The van der Waals surface area contributed by atoms with Crippen LogP contribution >= 0.6 is 0 Å². The van der Waals surface area contributed by atoms with Gasteiger partial charge in [0.25, 0.3) is 0 Å². The minimum atomic E-state index is -0.908. The van der Waals surface area contributed by atoms with Crippen LogP contribution in [0.2, 0.25) is 0 Å². The molecule has 178 valence electrons. The first-order chi connectivity index (χ1) is 16.3. The number of halogens is 3. The molecule has 1 aromatic heterocycles. The molecule has 1 N–H and O–H groups in total. The predicted octanol–water partition coefficient (Wildman–Crippen LogP) is 5.08. The number of pyridine rings is 1. The van der Waals surface area contributed by atoms with Crippen molar-refractivity contribution in [2.24, 2.45) is 5.41 Å². The first-order valence-corrected chi connectivity index (χ1v) is 11.0. The summed E-state index contributed by atoms with van der Waals surface area (Å²) in [7, 11) is 1.54. The van der Waals surface area contributed by atoms with Crippen molar-refractivity contribution in [2.75, 3.05) is 26.7 Å². The van der Waals surface area contributed by atoms with Gasteiger partial charge in [0.05, 0.1) is 24.2 Å². The van der Waals surface area contributed by atoms with E-state index in [0.717, 1.165) is 18.2 Å². The minimum Gasteiger partial charge on any atom is -0.497 e. The second kappa shape index (κ2) is 9.85. The van der Waals surface area contributed by atoms with E-state index in [2.05, 4.69) is 4.98 Å². The minimum absolute atomic E-state index is 0.147. The Labute approximate surface area is 195 Å². The zero-order chi connectivity index (χ0) is 24.3. The summed E-state index contributed by atoms with van der Waals surface area (Å²) in [6.45, 7) is 1.10. The molecule has 0 unspecified atom stereocenters. The molecule has 1 aliphatic heterocycles. The maximum absolute atomic E-state index is 14.5. The first kappa shape index (κ1) is 23.8. The number of rotatable bonds is 9. The van der Waals surface area contributed by atoms with Gasteiger partial charge in [-0.2, -0.15) is 0 Å². The van der Waals surface area contributed by atoms with Crippen LogP contribution in [0.3, 0.4) is 0 Å². The lowest BCUT2D eigenvalue weighted by Crippen LogP contribution is -2.60. The van der Waals surface area contributed by atoms with Crippen molar-refractivity contribution in [2.45, 2.75) is 19.3 Å². The fourth-order valence-corrected chi connectivity index (χ4v) is 4.50. The average Bonchev–Trinajstić information content (AvgIpc) is 2.79. The zero-order valence-corrected chi connectivity index (χ0v) is 18.7. The summed E-state index contributed by atoms with van der Waals surface area (Å²) in [4.78, 5) is 18.0. The van der Waals surface area contributed by atoms with E-state index >= 15 is 0 Å². The topological polar surface area (TPSA) is 62.7 Å². The van der Waals surface area contributed by atoms with E-state index in [1.165, 1.54) is 19.4 Å². The number of hydrogen-bond acceptors (Lipinski definition) is 4. The summed E-state index contributed by atoms with van der Waals surface area (Å²) in [5.74, 6) is -1.74. The van der Waals surface area contributed by atoms with Gasteiger partial charge < -0.3 is 9.84 Å². The standard InChI is InChI=1S/C26H25F3N2O3/c1-34-19-7-9-24-21(13-19)20(23(29)14-30-24)5-2-10-26(25(32)33)15-31(16-26)11-3-4-17-12-18(27)6-8-22(17)28/h3-4,6-9,12-14H,2,5,10-11,15-16H2,1H3,(H,32,33)/b4-3+. The summed E-state index contributed by atoms with van der Waals surface area (Å²) in [5, 5.41) is 10.5. The van der Waals surface area contributed by atoms with Crippen molar-refractivity contribution in [1.82, 2.24) is 9.88 Å². The fraction of sp³-hybridized carbons (Fsp3) is 0.308. The SMILES string of the molecule is COc1ccc2ncc(F)c(CCCC3(C(=O)O)CN(C/C=C/c4cc(F)ccc4F)C3)c2c1. The van der Waals surface area contributed by atoms with Crippen LogP contribution in [0.4, 0.5) is 13.2 Å². The van der Waals surface area contributed by atoms with E-state index in [4.69, 9.17) is 4.74 Å². The third-order valence-electron chi connectivity index (χ3n) is 6.34. The Kier molecular flexibility index (Phi) is 6.88. The summed E-state index contributed by atoms with van der Waals surface area (Å²) < 4.78 is 46.8. The molecule has 3 aromatic rings. The van der Waals surface area contributed by atoms with Gasteiger partial charge in [-0.1, -0.05) is 12.2 Å². The summed E-state index contributed by atoms with van der Waals surface area (Å²) in [6.07, 6.45) is 5.65. The monoisotopic (exact) mass is 470 g/mol. The Morgan fingerprint density at radius 2 is 1.97 bits per heavy atom. The Morgan fingerprint density at radius 3 is 2.71 bits per heavy atom. The molecule has 0 bridgehead atoms. The molecule has 1 saturated heterocycles. The molecule has 0 radical (unpaired) electrons. The highest BCUT2D eigenvalue weighted by molar-refractivity contribution is 5.83. The molecule has 4 rings (SSSR count). The number of methoxy groups -OCH3 is 1. The Morgan fingerprint density at radius 1 is 1.18 bits per heavy atom. The Bertz CT molecular complexity index is 1240. The first-order valence-electron chi connectivity index (χ1n) is 11.0. The number of aryl methyl sites for hydroxylation is 1. The van der Waals surface area contributed by atoms with Crippen molar-refractivity contribution in [3.8, 4) is 5.75 Å². The largest absolute Gasteiger partial charge is 0.497 e. The molecular weight excluding hydrogens is 445 g/mol. The van der Waals surface area contributed by atoms with E-state index < -0.39 is 28.8 Å². The molecule has 2 aromatic carbocycles. The van der Waals surface area contributed by atoms with Crippen LogP contribution in [0.5, 0.6) is 5.75 Å². The van der Waals surface area contributed by atoms with E-state index in [1.807, 2.05) is 4.90 Å². The predicted molar refractivity (Wildman–Crippen MR) is 123 cm³/mol. The maximum Gasteiger partial charge on any atom is 0.312 e. The van der Waals surface area contributed by atoms with Gasteiger partial charge in [0.2, 0.25) is 0 Å². The van der Waals surface area contributed by atoms with Crippen molar-refractivity contribution < 1.29 is 27.8 Å². The number of likely N-dealkylation sites (tertiary alicyclic amines) is 1. The fourth-order valence-electron chi connectivity index (χ4n) is 4.50. The van der Waals surface area contributed by atoms with Crippen molar-refractivity contribution in [3.63, 3.8) is 0 Å². The third kappa shape index (κ3) is 4.92. The maximum atomic E-state index is 14.5. The van der Waals surface area contributed by atoms with Crippen LogP contribution < -0.4 is 4.74 Å². The highest BCUT2D eigenvalue weighted by Crippen LogP contribution is 2.36. The van der Waals surface area contributed by atoms with Crippen LogP contribution in [-0.4, -0.2) is 47.7 Å². The number of carboxylic acid groups (broad SMARTS) is 1. The smallest absolute Gasteiger partial charge is 0.312 e. The molecule has 0 aliphatic carbocycles. The summed E-state index contributed by atoms with van der Waals surface area (Å²) in [6, 6.07) is 8.51. The van der Waals surface area contributed by atoms with Gasteiger partial charge in [-0.3, -0.25) is 14.7 Å². The van der Waals surface area contributed by atoms with Gasteiger partial charge in [-0.25, -0.2) is 13.2 Å². The number of nitrogens with zero attached hydrogens (tertiary/aromatic N) is 2. The lowest BCUT2D eigenvalue weighted by molar-refractivity contribution is -0.161. The lowest BCUT2D eigenvalue weighted by atomic mass is 9.75. The molecule has 0 saturated carbocycles. The van der Waals surface area contributed by atoms with Crippen LogP contribution in [0.1, 0.15) is 24.0 Å². The van der Waals surface area contributed by atoms with Gasteiger partial charge in [-0.15, -0.1) is 0 Å². The van der Waals surface area contributed by atoms with Crippen LogP contribution in [0.15, 0.2) is 48.7 Å². The van der Waals surface area contributed by atoms with Gasteiger partial charge >= 0.3 is 5.97 Å². The second-order valence-electron chi connectivity index (χ2n) is 8.64.